The monoisotopic (exact) mass is 518 g/mol. The Labute approximate surface area is 228 Å². The lowest BCUT2D eigenvalue weighted by molar-refractivity contribution is -0.133. The number of likely N-dealkylation sites (N-methyl/N-ethyl adjacent to an activating group) is 1. The lowest BCUT2D eigenvalue weighted by Gasteiger charge is -2.41. The summed E-state index contributed by atoms with van der Waals surface area (Å²) >= 11 is 6.02. The van der Waals surface area contributed by atoms with Crippen LogP contribution in [0.3, 0.4) is 0 Å². The third kappa shape index (κ3) is 5.73. The Hall–Kier alpha value is -2.37. The van der Waals surface area contributed by atoms with Gasteiger partial charge in [0, 0.05) is 40.3 Å². The molecule has 1 N–H and O–H groups in total. The summed E-state index contributed by atoms with van der Waals surface area (Å²) in [4.78, 5) is 16.6. The Morgan fingerprint density at radius 1 is 0.971 bits per heavy atom. The highest BCUT2D eigenvalue weighted by Gasteiger charge is 2.43. The summed E-state index contributed by atoms with van der Waals surface area (Å²) in [5, 5.41) is 11.9. The maximum Gasteiger partial charge on any atom is 0.237 e. The van der Waals surface area contributed by atoms with Crippen molar-refractivity contribution in [3.63, 3.8) is 0 Å². The molecule has 0 bridgehead atoms. The van der Waals surface area contributed by atoms with E-state index in [-0.39, 0.29) is 23.7 Å². The van der Waals surface area contributed by atoms with Gasteiger partial charge in [0.15, 0.2) is 0 Å². The van der Waals surface area contributed by atoms with E-state index in [0.717, 1.165) is 5.56 Å². The lowest BCUT2D eigenvalue weighted by Crippen LogP contribution is -2.48. The van der Waals surface area contributed by atoms with Gasteiger partial charge in [-0.2, -0.15) is 0 Å². The fourth-order valence-electron chi connectivity index (χ4n) is 4.97. The molecule has 1 fully saturated rings. The number of likely N-dealkylation sites (tertiary alicyclic amines) is 1. The molecule has 0 spiro atoms. The number of hydrogen-bond acceptors (Lipinski definition) is 3. The van der Waals surface area contributed by atoms with Crippen LogP contribution in [0.1, 0.15) is 44.2 Å². The van der Waals surface area contributed by atoms with E-state index in [2.05, 4.69) is 4.90 Å². The number of rotatable bonds is 7. The fraction of sp³-hybridized carbons (Fsp3) is 0.345. The number of piperidine rings is 1. The Morgan fingerprint density at radius 2 is 1.49 bits per heavy atom. The minimum absolute atomic E-state index is 0. The third-order valence-electron chi connectivity index (χ3n) is 6.97. The molecule has 1 aliphatic rings. The quantitative estimate of drug-likeness (QED) is 0.448. The topological polar surface area (TPSA) is 43.8 Å². The second kappa shape index (κ2) is 11.6. The molecule has 0 aromatic heterocycles. The van der Waals surface area contributed by atoms with Gasteiger partial charge in [-0.05, 0) is 54.6 Å². The molecule has 3 aromatic carbocycles. The van der Waals surface area contributed by atoms with E-state index in [1.54, 1.807) is 72.8 Å². The summed E-state index contributed by atoms with van der Waals surface area (Å²) in [6.07, 6.45) is 1.06. The molecule has 1 aliphatic heterocycles. The highest BCUT2D eigenvalue weighted by molar-refractivity contribution is 6.30. The van der Waals surface area contributed by atoms with Crippen molar-refractivity contribution in [2.75, 3.05) is 33.6 Å². The third-order valence-corrected chi connectivity index (χ3v) is 7.22. The van der Waals surface area contributed by atoms with Crippen molar-refractivity contribution < 1.29 is 18.1 Å². The van der Waals surface area contributed by atoms with Crippen LogP contribution in [0.2, 0.25) is 5.02 Å². The fourth-order valence-corrected chi connectivity index (χ4v) is 5.09. The minimum atomic E-state index is -3.18. The first kappa shape index (κ1) is 19.8. The molecule has 1 saturated heterocycles. The van der Waals surface area contributed by atoms with Gasteiger partial charge in [-0.25, -0.2) is 0 Å². The van der Waals surface area contributed by atoms with Gasteiger partial charge in [0.05, 0.1) is 5.60 Å². The lowest BCUT2D eigenvalue weighted by atomic mass is 9.70. The van der Waals surface area contributed by atoms with Crippen LogP contribution in [0.15, 0.2) is 84.9 Å². The van der Waals surface area contributed by atoms with Crippen LogP contribution >= 0.6 is 24.0 Å². The van der Waals surface area contributed by atoms with E-state index in [1.807, 2.05) is 12.1 Å². The standard InChI is InChI=1S/C29H33ClN2O2.ClH/c1-31(2)27(33)29(24-9-5-3-6-10-24,25-11-7-4-8-12-25)19-22-32-20-17-28(34,18-21-32)23-13-15-26(30)16-14-23;/h3-16,34H,17-22H2,1-2H3;1H/i1D3,2D3;. The molecular weight excluding hydrogens is 479 g/mol. The van der Waals surface area contributed by atoms with Crippen LogP contribution in [0.5, 0.6) is 0 Å². The maximum absolute atomic E-state index is 14.4. The van der Waals surface area contributed by atoms with Crippen molar-refractivity contribution in [2.24, 2.45) is 0 Å². The zero-order valence-corrected chi connectivity index (χ0v) is 20.9. The summed E-state index contributed by atoms with van der Waals surface area (Å²) in [6, 6.07) is 24.7. The molecule has 3 aromatic rings. The van der Waals surface area contributed by atoms with Gasteiger partial charge >= 0.3 is 0 Å². The molecule has 35 heavy (non-hydrogen) atoms. The molecule has 6 heteroatoms. The first-order valence-electron chi connectivity index (χ1n) is 14.4. The van der Waals surface area contributed by atoms with Gasteiger partial charge in [0.25, 0.3) is 0 Å². The van der Waals surface area contributed by atoms with E-state index >= 15 is 0 Å². The molecule has 4 nitrogen and oxygen atoms in total. The molecule has 0 unspecified atom stereocenters. The molecular formula is C29H34Cl2N2O2. The molecule has 0 saturated carbocycles. The summed E-state index contributed by atoms with van der Waals surface area (Å²) < 4.78 is 47.9. The predicted octanol–water partition coefficient (Wildman–Crippen LogP) is 5.51. The van der Waals surface area contributed by atoms with E-state index in [1.165, 1.54) is 0 Å². The largest absolute Gasteiger partial charge is 0.385 e. The van der Waals surface area contributed by atoms with Crippen molar-refractivity contribution in [1.29, 1.82) is 0 Å². The number of nitrogens with zero attached hydrogens (tertiary/aromatic N) is 2. The normalized spacial score (nSPS) is 19.0. The van der Waals surface area contributed by atoms with Crippen molar-refractivity contribution >= 4 is 29.9 Å². The van der Waals surface area contributed by atoms with Crippen LogP contribution in [0.4, 0.5) is 0 Å². The molecule has 0 aliphatic carbocycles. The van der Waals surface area contributed by atoms with Crippen molar-refractivity contribution in [3.05, 3.63) is 107 Å². The first-order valence-corrected chi connectivity index (χ1v) is 11.8. The average molecular weight is 520 g/mol. The van der Waals surface area contributed by atoms with Crippen LogP contribution in [-0.2, 0) is 15.8 Å². The molecule has 1 heterocycles. The van der Waals surface area contributed by atoms with Crippen LogP contribution < -0.4 is 0 Å². The average Bonchev–Trinajstić information content (AvgIpc) is 2.90. The van der Waals surface area contributed by atoms with Crippen LogP contribution in [-0.4, -0.2) is 54.4 Å². The second-order valence-corrected chi connectivity index (χ2v) is 9.34. The highest BCUT2D eigenvalue weighted by atomic mass is 35.5. The predicted molar refractivity (Wildman–Crippen MR) is 145 cm³/mol. The SMILES string of the molecule is Cl.[2H]C([2H])([2H])N(C(=O)C(CCN1CCC(O)(c2ccc(Cl)cc2)CC1)(c1ccccc1)c1ccccc1)C([2H])([2H])[2H]. The number of aliphatic hydroxyl groups is 1. The van der Waals surface area contributed by atoms with E-state index in [4.69, 9.17) is 19.8 Å². The van der Waals surface area contributed by atoms with E-state index in [9.17, 15) is 9.90 Å². The Kier molecular flexibility index (Phi) is 6.54. The van der Waals surface area contributed by atoms with Crippen molar-refractivity contribution in [1.82, 2.24) is 9.80 Å². The van der Waals surface area contributed by atoms with Gasteiger partial charge in [-0.15, -0.1) is 12.4 Å². The van der Waals surface area contributed by atoms with Gasteiger partial charge in [0.1, 0.15) is 5.41 Å². The summed E-state index contributed by atoms with van der Waals surface area (Å²) in [5.41, 5.74) is -0.763. The number of benzene rings is 3. The number of halogens is 2. The zero-order chi connectivity index (χ0) is 29.2. The minimum Gasteiger partial charge on any atom is -0.385 e. The Morgan fingerprint density at radius 3 is 1.97 bits per heavy atom. The Bertz CT molecular complexity index is 1230. The summed E-state index contributed by atoms with van der Waals surface area (Å²) in [7, 11) is 0. The smallest absolute Gasteiger partial charge is 0.237 e. The molecule has 4 rings (SSSR count). The molecule has 186 valence electrons. The van der Waals surface area contributed by atoms with Crippen LogP contribution in [0.25, 0.3) is 0 Å². The van der Waals surface area contributed by atoms with Gasteiger partial charge in [-0.1, -0.05) is 84.4 Å². The highest BCUT2D eigenvalue weighted by Crippen LogP contribution is 2.39. The Balaban J connectivity index is 0.00000462. The number of amides is 1. The number of carbonyl (C=O) groups excluding carboxylic acids is 1. The van der Waals surface area contributed by atoms with Gasteiger partial charge < -0.3 is 14.9 Å². The molecule has 0 radical (unpaired) electrons. The summed E-state index contributed by atoms with van der Waals surface area (Å²) in [5.74, 6) is -1.00. The molecule has 0 atom stereocenters. The number of carbonyl (C=O) groups is 1. The second-order valence-electron chi connectivity index (χ2n) is 8.91. The first-order chi connectivity index (χ1) is 18.8. The van der Waals surface area contributed by atoms with Crippen molar-refractivity contribution in [2.45, 2.75) is 30.3 Å². The van der Waals surface area contributed by atoms with Crippen LogP contribution in [0, 0.1) is 0 Å². The van der Waals surface area contributed by atoms with E-state index in [0.29, 0.717) is 48.6 Å². The van der Waals surface area contributed by atoms with Gasteiger partial charge in [0.2, 0.25) is 5.91 Å². The zero-order valence-electron chi connectivity index (χ0n) is 25.4. The summed E-state index contributed by atoms with van der Waals surface area (Å²) in [6.45, 7) is -4.92. The van der Waals surface area contributed by atoms with Crippen molar-refractivity contribution in [3.8, 4) is 0 Å². The van der Waals surface area contributed by atoms with Gasteiger partial charge in [-0.3, -0.25) is 4.79 Å². The maximum atomic E-state index is 14.4. The number of hydrogen-bond donors (Lipinski definition) is 1. The van der Waals surface area contributed by atoms with E-state index < -0.39 is 30.9 Å². The molecule has 1 amide bonds.